The second kappa shape index (κ2) is 9.88. The number of imidazole rings is 1. The van der Waals surface area contributed by atoms with Crippen molar-refractivity contribution in [1.29, 1.82) is 0 Å². The van der Waals surface area contributed by atoms with Crippen molar-refractivity contribution in [1.82, 2.24) is 9.38 Å². The predicted molar refractivity (Wildman–Crippen MR) is 163 cm³/mol. The van der Waals surface area contributed by atoms with Gasteiger partial charge in [-0.25, -0.2) is 4.98 Å². The second-order valence-corrected chi connectivity index (χ2v) is 13.0. The maximum Gasteiger partial charge on any atom is 0.145 e. The van der Waals surface area contributed by atoms with Crippen LogP contribution in [-0.4, -0.2) is 9.38 Å². The Morgan fingerprint density at radius 2 is 1.50 bits per heavy atom. The van der Waals surface area contributed by atoms with Crippen LogP contribution in [-0.2, 0) is 0 Å². The molecule has 2 heterocycles. The van der Waals surface area contributed by atoms with Gasteiger partial charge in [-0.05, 0) is 77.9 Å². The standard InChI is InChI=1S/C36H42N2/c1-24(2)17-18-25(3)27-14-10-15-28(26-19-21-36(4,5)22-20-26)34(27)33-23-37-35-31-13-7-6-11-29(31)30-12-8-9-16-32(30)38(33)35/h6-16,23-26H,17-22H2,1-5H3. The minimum atomic E-state index is 0.456. The summed E-state index contributed by atoms with van der Waals surface area (Å²) in [6.07, 6.45) is 9.76. The first-order valence-corrected chi connectivity index (χ1v) is 14.7. The maximum absolute atomic E-state index is 5.12. The number of aromatic nitrogens is 2. The lowest BCUT2D eigenvalue weighted by Crippen LogP contribution is -2.21. The second-order valence-electron chi connectivity index (χ2n) is 13.0. The number of nitrogens with zero attached hydrogens (tertiary/aromatic N) is 2. The van der Waals surface area contributed by atoms with E-state index in [0.717, 1.165) is 11.6 Å². The highest BCUT2D eigenvalue weighted by Gasteiger charge is 2.31. The van der Waals surface area contributed by atoms with Crippen molar-refractivity contribution in [2.75, 3.05) is 0 Å². The average Bonchev–Trinajstić information content (AvgIpc) is 3.37. The minimum Gasteiger partial charge on any atom is -0.292 e. The first-order valence-electron chi connectivity index (χ1n) is 14.7. The molecule has 5 aromatic rings. The molecular formula is C36H42N2. The lowest BCUT2D eigenvalue weighted by Gasteiger charge is -2.36. The molecule has 2 heteroatoms. The summed E-state index contributed by atoms with van der Waals surface area (Å²) in [5, 5.41) is 3.80. The maximum atomic E-state index is 5.12. The van der Waals surface area contributed by atoms with Crippen LogP contribution in [0.25, 0.3) is 38.6 Å². The first kappa shape index (κ1) is 25.2. The van der Waals surface area contributed by atoms with Crippen LogP contribution in [0.2, 0.25) is 0 Å². The monoisotopic (exact) mass is 502 g/mol. The molecule has 3 aromatic carbocycles. The van der Waals surface area contributed by atoms with Gasteiger partial charge in [0.15, 0.2) is 0 Å². The highest BCUT2D eigenvalue weighted by Crippen LogP contribution is 2.47. The lowest BCUT2D eigenvalue weighted by molar-refractivity contribution is 0.224. The summed E-state index contributed by atoms with van der Waals surface area (Å²) in [5.41, 5.74) is 8.50. The Morgan fingerprint density at radius 3 is 2.24 bits per heavy atom. The summed E-state index contributed by atoms with van der Waals surface area (Å²) in [6.45, 7) is 12.0. The SMILES string of the molecule is CC(C)CCC(C)c1cccc(C2CCC(C)(C)CC2)c1-c1cnc2c3ccccc3c3ccccc3n12. The zero-order valence-electron chi connectivity index (χ0n) is 23.8. The van der Waals surface area contributed by atoms with Gasteiger partial charge in [0, 0.05) is 16.3 Å². The van der Waals surface area contributed by atoms with Crippen LogP contribution in [0, 0.1) is 11.3 Å². The van der Waals surface area contributed by atoms with Crippen LogP contribution in [0.1, 0.15) is 96.1 Å². The highest BCUT2D eigenvalue weighted by atomic mass is 15.0. The number of hydrogen-bond donors (Lipinski definition) is 0. The fourth-order valence-corrected chi connectivity index (χ4v) is 6.86. The van der Waals surface area contributed by atoms with E-state index < -0.39 is 0 Å². The van der Waals surface area contributed by atoms with E-state index in [2.05, 4.69) is 112 Å². The molecule has 1 unspecified atom stereocenters. The van der Waals surface area contributed by atoms with E-state index in [0.29, 0.717) is 17.3 Å². The van der Waals surface area contributed by atoms with Gasteiger partial charge in [-0.3, -0.25) is 4.40 Å². The Labute approximate surface area is 228 Å². The van der Waals surface area contributed by atoms with E-state index in [1.165, 1.54) is 82.6 Å². The molecular weight excluding hydrogens is 460 g/mol. The van der Waals surface area contributed by atoms with E-state index in [4.69, 9.17) is 4.98 Å². The van der Waals surface area contributed by atoms with E-state index in [1.54, 1.807) is 0 Å². The van der Waals surface area contributed by atoms with Crippen LogP contribution in [0.5, 0.6) is 0 Å². The largest absolute Gasteiger partial charge is 0.292 e. The van der Waals surface area contributed by atoms with Gasteiger partial charge in [-0.1, -0.05) is 102 Å². The van der Waals surface area contributed by atoms with Crippen molar-refractivity contribution >= 4 is 27.3 Å². The number of pyridine rings is 1. The Kier molecular flexibility index (Phi) is 6.54. The van der Waals surface area contributed by atoms with Crippen molar-refractivity contribution in [3.63, 3.8) is 0 Å². The summed E-state index contributed by atoms with van der Waals surface area (Å²) in [4.78, 5) is 5.12. The normalized spacial score (nSPS) is 17.1. The van der Waals surface area contributed by atoms with Crippen LogP contribution in [0.4, 0.5) is 0 Å². The molecule has 1 aliphatic rings. The molecule has 2 nitrogen and oxygen atoms in total. The predicted octanol–water partition coefficient (Wildman–Crippen LogP) is 10.5. The van der Waals surface area contributed by atoms with Crippen molar-refractivity contribution < 1.29 is 0 Å². The van der Waals surface area contributed by atoms with Gasteiger partial charge in [-0.15, -0.1) is 0 Å². The number of hydrogen-bond acceptors (Lipinski definition) is 1. The van der Waals surface area contributed by atoms with Gasteiger partial charge in [-0.2, -0.15) is 0 Å². The number of para-hydroxylation sites is 1. The zero-order valence-corrected chi connectivity index (χ0v) is 23.8. The summed E-state index contributed by atoms with van der Waals surface area (Å²) in [5.74, 6) is 1.83. The van der Waals surface area contributed by atoms with Gasteiger partial charge < -0.3 is 0 Å². The van der Waals surface area contributed by atoms with E-state index in [1.807, 2.05) is 0 Å². The molecule has 0 N–H and O–H groups in total. The Balaban J connectivity index is 1.62. The van der Waals surface area contributed by atoms with Crippen LogP contribution >= 0.6 is 0 Å². The fraction of sp³-hybridized carbons (Fsp3) is 0.417. The summed E-state index contributed by atoms with van der Waals surface area (Å²) in [7, 11) is 0. The van der Waals surface area contributed by atoms with Gasteiger partial charge in [0.2, 0.25) is 0 Å². The van der Waals surface area contributed by atoms with Gasteiger partial charge in [0.25, 0.3) is 0 Å². The smallest absolute Gasteiger partial charge is 0.145 e. The van der Waals surface area contributed by atoms with Gasteiger partial charge >= 0.3 is 0 Å². The van der Waals surface area contributed by atoms with Crippen LogP contribution < -0.4 is 0 Å². The molecule has 1 fully saturated rings. The molecule has 0 bridgehead atoms. The number of rotatable bonds is 6. The highest BCUT2D eigenvalue weighted by molar-refractivity contribution is 6.12. The van der Waals surface area contributed by atoms with Crippen molar-refractivity contribution in [3.8, 4) is 11.3 Å². The third kappa shape index (κ3) is 4.42. The molecule has 2 aromatic heterocycles. The van der Waals surface area contributed by atoms with Crippen molar-refractivity contribution in [2.45, 2.75) is 85.0 Å². The lowest BCUT2D eigenvalue weighted by atomic mass is 9.70. The molecule has 1 aliphatic carbocycles. The summed E-state index contributed by atoms with van der Waals surface area (Å²) >= 11 is 0. The third-order valence-electron chi connectivity index (χ3n) is 9.24. The van der Waals surface area contributed by atoms with E-state index >= 15 is 0 Å². The summed E-state index contributed by atoms with van der Waals surface area (Å²) < 4.78 is 2.46. The number of benzene rings is 3. The summed E-state index contributed by atoms with van der Waals surface area (Å²) in [6, 6.07) is 24.8. The molecule has 0 aliphatic heterocycles. The van der Waals surface area contributed by atoms with E-state index in [9.17, 15) is 0 Å². The average molecular weight is 503 g/mol. The third-order valence-corrected chi connectivity index (χ3v) is 9.24. The molecule has 6 rings (SSSR count). The molecule has 38 heavy (non-hydrogen) atoms. The molecule has 0 saturated heterocycles. The Morgan fingerprint density at radius 1 is 0.816 bits per heavy atom. The first-order chi connectivity index (χ1) is 18.3. The Hall–Kier alpha value is -3.13. The number of fused-ring (bicyclic) bond motifs is 6. The van der Waals surface area contributed by atoms with Crippen molar-refractivity contribution in [3.05, 3.63) is 84.1 Å². The van der Waals surface area contributed by atoms with Crippen LogP contribution in [0.15, 0.2) is 72.9 Å². The molecule has 0 amide bonds. The minimum absolute atomic E-state index is 0.456. The van der Waals surface area contributed by atoms with Gasteiger partial charge in [0.05, 0.1) is 17.4 Å². The van der Waals surface area contributed by atoms with Crippen molar-refractivity contribution in [2.24, 2.45) is 11.3 Å². The molecule has 1 atom stereocenters. The fourth-order valence-electron chi connectivity index (χ4n) is 6.86. The molecule has 1 saturated carbocycles. The quantitative estimate of drug-likeness (QED) is 0.211. The van der Waals surface area contributed by atoms with Crippen LogP contribution in [0.3, 0.4) is 0 Å². The molecule has 0 spiro atoms. The molecule has 196 valence electrons. The van der Waals surface area contributed by atoms with E-state index in [-0.39, 0.29) is 0 Å². The Bertz CT molecular complexity index is 1590. The van der Waals surface area contributed by atoms with Gasteiger partial charge in [0.1, 0.15) is 5.65 Å². The zero-order chi connectivity index (χ0) is 26.4. The topological polar surface area (TPSA) is 17.3 Å². The molecule has 0 radical (unpaired) electrons.